The maximum Gasteiger partial charge on any atom is 0.274 e. The first-order chi connectivity index (χ1) is 15.0. The van der Waals surface area contributed by atoms with Crippen LogP contribution >= 0.6 is 11.6 Å². The van der Waals surface area contributed by atoms with Gasteiger partial charge in [0, 0.05) is 17.3 Å². The van der Waals surface area contributed by atoms with Gasteiger partial charge in [0.05, 0.1) is 36.0 Å². The monoisotopic (exact) mass is 445 g/mol. The van der Waals surface area contributed by atoms with E-state index < -0.39 is 12.3 Å². The molecule has 1 amide bonds. The van der Waals surface area contributed by atoms with Gasteiger partial charge in [0.2, 0.25) is 11.7 Å². The Bertz CT molecular complexity index is 1290. The van der Waals surface area contributed by atoms with Gasteiger partial charge < -0.3 is 14.6 Å². The minimum atomic E-state index is -2.62. The quantitative estimate of drug-likeness (QED) is 0.491. The molecule has 1 aromatic carbocycles. The van der Waals surface area contributed by atoms with E-state index in [9.17, 15) is 13.6 Å². The summed E-state index contributed by atoms with van der Waals surface area (Å²) in [6.45, 7) is 1.09. The Hall–Kier alpha value is -3.37. The van der Waals surface area contributed by atoms with Crippen LogP contribution in [0, 0.1) is 0 Å². The van der Waals surface area contributed by atoms with Crippen LogP contribution in [0.5, 0.6) is 0 Å². The molecular formula is C20H14ClF2N5O3. The van der Waals surface area contributed by atoms with Gasteiger partial charge in [-0.1, -0.05) is 16.8 Å². The highest BCUT2D eigenvalue weighted by molar-refractivity contribution is 6.34. The number of hydrogen-bond donors (Lipinski definition) is 1. The Morgan fingerprint density at radius 1 is 1.26 bits per heavy atom. The zero-order valence-electron chi connectivity index (χ0n) is 15.8. The zero-order chi connectivity index (χ0) is 21.5. The van der Waals surface area contributed by atoms with Gasteiger partial charge in [-0.15, -0.1) is 0 Å². The molecule has 0 spiro atoms. The fraction of sp³-hybridized carbons (Fsp3) is 0.200. The van der Waals surface area contributed by atoms with Crippen molar-refractivity contribution in [2.24, 2.45) is 0 Å². The lowest BCUT2D eigenvalue weighted by Crippen LogP contribution is -2.25. The number of imidazole rings is 1. The number of pyridine rings is 1. The second kappa shape index (κ2) is 7.71. The van der Waals surface area contributed by atoms with Crippen LogP contribution in [0.2, 0.25) is 5.02 Å². The molecule has 1 aliphatic heterocycles. The van der Waals surface area contributed by atoms with Gasteiger partial charge in [0.1, 0.15) is 11.3 Å². The molecule has 0 radical (unpaired) electrons. The third-order valence-corrected chi connectivity index (χ3v) is 5.25. The number of ether oxygens (including phenoxy) is 1. The molecule has 1 saturated heterocycles. The van der Waals surface area contributed by atoms with E-state index in [1.807, 2.05) is 0 Å². The van der Waals surface area contributed by atoms with Crippen molar-refractivity contribution in [3.63, 3.8) is 0 Å². The summed E-state index contributed by atoms with van der Waals surface area (Å²) in [5, 5.41) is 7.01. The number of nitrogens with zero attached hydrogens (tertiary/aromatic N) is 4. The van der Waals surface area contributed by atoms with Crippen LogP contribution in [0.4, 0.5) is 14.5 Å². The molecule has 8 nitrogen and oxygen atoms in total. The third kappa shape index (κ3) is 3.64. The van der Waals surface area contributed by atoms with Crippen molar-refractivity contribution in [2.75, 3.05) is 18.5 Å². The van der Waals surface area contributed by atoms with Crippen LogP contribution in [-0.2, 0) is 4.74 Å². The number of anilines is 1. The van der Waals surface area contributed by atoms with Gasteiger partial charge in [0.15, 0.2) is 0 Å². The number of carbonyl (C=O) groups is 1. The highest BCUT2D eigenvalue weighted by atomic mass is 35.5. The van der Waals surface area contributed by atoms with Gasteiger partial charge in [-0.3, -0.25) is 9.20 Å². The largest absolute Gasteiger partial charge is 0.380 e. The van der Waals surface area contributed by atoms with Crippen LogP contribution in [0.3, 0.4) is 0 Å². The maximum absolute atomic E-state index is 12.9. The minimum absolute atomic E-state index is 0.0912. The standard InChI is InChI=1S/C20H14ClF2N5O3/c21-13-2-1-11(18-26-20(31-27-18)12-8-30-9-12)5-14(13)25-19(29)15-7-24-16-6-10(17(22)23)3-4-28(15)16/h1-7,12,17H,8-9H2,(H,25,29). The summed E-state index contributed by atoms with van der Waals surface area (Å²) < 4.78 is 37.6. The van der Waals surface area contributed by atoms with Crippen molar-refractivity contribution in [2.45, 2.75) is 12.3 Å². The fourth-order valence-corrected chi connectivity index (χ4v) is 3.31. The molecule has 0 saturated carbocycles. The van der Waals surface area contributed by atoms with Crippen molar-refractivity contribution in [3.8, 4) is 11.4 Å². The number of aromatic nitrogens is 4. The Morgan fingerprint density at radius 2 is 2.10 bits per heavy atom. The lowest BCUT2D eigenvalue weighted by atomic mass is 10.1. The number of halogens is 3. The summed E-state index contributed by atoms with van der Waals surface area (Å²) >= 11 is 6.25. The SMILES string of the molecule is O=C(Nc1cc(-c2noc(C3COC3)n2)ccc1Cl)c1cnc2cc(C(F)F)ccn12. The molecule has 1 fully saturated rings. The molecule has 0 bridgehead atoms. The molecular weight excluding hydrogens is 432 g/mol. The van der Waals surface area contributed by atoms with E-state index in [-0.39, 0.29) is 22.8 Å². The summed E-state index contributed by atoms with van der Waals surface area (Å²) in [6.07, 6.45) is 0.0639. The number of alkyl halides is 2. The van der Waals surface area contributed by atoms with Crippen LogP contribution in [-0.4, -0.2) is 38.6 Å². The number of nitrogens with one attached hydrogen (secondary N) is 1. The number of fused-ring (bicyclic) bond motifs is 1. The normalized spacial score (nSPS) is 14.2. The zero-order valence-corrected chi connectivity index (χ0v) is 16.5. The summed E-state index contributed by atoms with van der Waals surface area (Å²) in [7, 11) is 0. The Morgan fingerprint density at radius 3 is 2.84 bits per heavy atom. The second-order valence-corrected chi connectivity index (χ2v) is 7.38. The predicted octanol–water partition coefficient (Wildman–Crippen LogP) is 4.34. The number of amides is 1. The van der Waals surface area contributed by atoms with E-state index in [1.165, 1.54) is 28.9 Å². The second-order valence-electron chi connectivity index (χ2n) is 6.97. The summed E-state index contributed by atoms with van der Waals surface area (Å²) in [6, 6.07) is 7.42. The fourth-order valence-electron chi connectivity index (χ4n) is 3.14. The number of carbonyl (C=O) groups excluding carboxylic acids is 1. The van der Waals surface area contributed by atoms with E-state index in [0.717, 1.165) is 0 Å². The first kappa shape index (κ1) is 19.6. The van der Waals surface area contributed by atoms with Gasteiger partial charge in [-0.05, 0) is 30.3 Å². The van der Waals surface area contributed by atoms with Crippen LogP contribution in [0.1, 0.15) is 34.3 Å². The maximum atomic E-state index is 12.9. The average Bonchev–Trinajstić information content (AvgIpc) is 3.35. The Kier molecular flexibility index (Phi) is 4.87. The highest BCUT2D eigenvalue weighted by Crippen LogP contribution is 2.30. The van der Waals surface area contributed by atoms with E-state index in [0.29, 0.717) is 41.2 Å². The van der Waals surface area contributed by atoms with E-state index in [2.05, 4.69) is 20.4 Å². The van der Waals surface area contributed by atoms with Crippen LogP contribution < -0.4 is 5.32 Å². The molecule has 4 aromatic rings. The smallest absolute Gasteiger partial charge is 0.274 e. The van der Waals surface area contributed by atoms with Crippen molar-refractivity contribution in [1.82, 2.24) is 19.5 Å². The summed E-state index contributed by atoms with van der Waals surface area (Å²) in [4.78, 5) is 21.2. The molecule has 31 heavy (non-hydrogen) atoms. The topological polar surface area (TPSA) is 94.5 Å². The Balaban J connectivity index is 1.40. The molecule has 158 valence electrons. The van der Waals surface area contributed by atoms with Crippen LogP contribution in [0.25, 0.3) is 17.0 Å². The summed E-state index contributed by atoms with van der Waals surface area (Å²) in [5.74, 6) is 0.448. The first-order valence-corrected chi connectivity index (χ1v) is 9.65. The predicted molar refractivity (Wildman–Crippen MR) is 106 cm³/mol. The van der Waals surface area contributed by atoms with E-state index >= 15 is 0 Å². The highest BCUT2D eigenvalue weighted by Gasteiger charge is 2.27. The number of benzene rings is 1. The minimum Gasteiger partial charge on any atom is -0.380 e. The molecule has 4 heterocycles. The molecule has 0 unspecified atom stereocenters. The summed E-state index contributed by atoms with van der Waals surface area (Å²) in [5.41, 5.74) is 1.18. The lowest BCUT2D eigenvalue weighted by Gasteiger charge is -2.21. The van der Waals surface area contributed by atoms with Crippen molar-refractivity contribution < 1.29 is 22.8 Å². The van der Waals surface area contributed by atoms with Crippen molar-refractivity contribution >= 4 is 28.8 Å². The Labute approximate surface area is 178 Å². The van der Waals surface area contributed by atoms with Crippen LogP contribution in [0.15, 0.2) is 47.2 Å². The van der Waals surface area contributed by atoms with E-state index in [4.69, 9.17) is 20.9 Å². The van der Waals surface area contributed by atoms with Gasteiger partial charge in [-0.25, -0.2) is 13.8 Å². The molecule has 0 atom stereocenters. The number of rotatable bonds is 5. The molecule has 0 aliphatic carbocycles. The number of hydrogen-bond acceptors (Lipinski definition) is 6. The van der Waals surface area contributed by atoms with Crippen molar-refractivity contribution in [1.29, 1.82) is 0 Å². The van der Waals surface area contributed by atoms with Gasteiger partial charge in [-0.2, -0.15) is 4.98 Å². The van der Waals surface area contributed by atoms with Crippen molar-refractivity contribution in [3.05, 3.63) is 64.9 Å². The first-order valence-electron chi connectivity index (χ1n) is 9.27. The van der Waals surface area contributed by atoms with E-state index in [1.54, 1.807) is 18.2 Å². The lowest BCUT2D eigenvalue weighted by molar-refractivity contribution is -0.00445. The molecule has 1 aliphatic rings. The van der Waals surface area contributed by atoms with Gasteiger partial charge in [0.25, 0.3) is 12.3 Å². The molecule has 5 rings (SSSR count). The molecule has 1 N–H and O–H groups in total. The third-order valence-electron chi connectivity index (χ3n) is 4.92. The molecule has 3 aromatic heterocycles. The van der Waals surface area contributed by atoms with Gasteiger partial charge >= 0.3 is 0 Å². The average molecular weight is 446 g/mol. The molecule has 11 heteroatoms.